The maximum absolute atomic E-state index is 10.7. The van der Waals surface area contributed by atoms with Gasteiger partial charge in [0.25, 0.3) is 0 Å². The Bertz CT molecular complexity index is 258. The number of carbonyl (C=O) groups is 1. The van der Waals surface area contributed by atoms with Crippen molar-refractivity contribution >= 4 is 12.5 Å². The van der Waals surface area contributed by atoms with E-state index in [4.69, 9.17) is 10.1 Å². The zero-order valence-corrected chi connectivity index (χ0v) is 9.79. The summed E-state index contributed by atoms with van der Waals surface area (Å²) in [5.41, 5.74) is 0.262. The molecule has 0 bridgehead atoms. The minimum absolute atomic E-state index is 0.262. The van der Waals surface area contributed by atoms with E-state index in [2.05, 4.69) is 5.32 Å². The first kappa shape index (κ1) is 12.7. The van der Waals surface area contributed by atoms with Gasteiger partial charge in [-0.1, -0.05) is 19.3 Å². The van der Waals surface area contributed by atoms with Crippen LogP contribution in [-0.4, -0.2) is 26.2 Å². The van der Waals surface area contributed by atoms with Crippen LogP contribution in [0.5, 0.6) is 0 Å². The number of carbonyl (C=O) groups excluding carboxylic acids is 1. The van der Waals surface area contributed by atoms with E-state index in [0.717, 1.165) is 6.21 Å². The molecule has 4 heteroatoms. The molecule has 0 heterocycles. The normalized spacial score (nSPS) is 18.6. The van der Waals surface area contributed by atoms with Crippen LogP contribution in [-0.2, 0) is 9.53 Å². The fourth-order valence-electron chi connectivity index (χ4n) is 2.01. The van der Waals surface area contributed by atoms with Gasteiger partial charge in [-0.15, -0.1) is 0 Å². The average Bonchev–Trinajstić information content (AvgIpc) is 2.35. The zero-order chi connectivity index (χ0) is 11.8. The number of ether oxygens (including phenoxy) is 1. The van der Waals surface area contributed by atoms with Crippen LogP contribution in [0, 0.1) is 11.3 Å². The lowest BCUT2D eigenvalue weighted by atomic mass is 9.90. The van der Waals surface area contributed by atoms with Gasteiger partial charge in [-0.2, -0.15) is 0 Å². The molecular formula is C12H20N2O2. The molecule has 4 nitrogen and oxygen atoms in total. The summed E-state index contributed by atoms with van der Waals surface area (Å²) in [6.07, 6.45) is 7.94. The average molecular weight is 224 g/mol. The third-order valence-electron chi connectivity index (χ3n) is 2.96. The molecule has 0 amide bonds. The Morgan fingerprint density at radius 1 is 1.44 bits per heavy atom. The monoisotopic (exact) mass is 224 g/mol. The topological polar surface area (TPSA) is 62.2 Å². The summed E-state index contributed by atoms with van der Waals surface area (Å²) in [7, 11) is 1.70. The Kier molecular flexibility index (Phi) is 5.61. The Balaban J connectivity index is 2.46. The molecule has 0 atom stereocenters. The molecule has 2 N–H and O–H groups in total. The van der Waals surface area contributed by atoms with Gasteiger partial charge >= 0.3 is 0 Å². The highest BCUT2D eigenvalue weighted by Crippen LogP contribution is 2.24. The van der Waals surface area contributed by atoms with Gasteiger partial charge in [-0.25, -0.2) is 0 Å². The first-order valence-corrected chi connectivity index (χ1v) is 5.82. The molecule has 0 saturated heterocycles. The first-order valence-electron chi connectivity index (χ1n) is 5.82. The second kappa shape index (κ2) is 7.04. The van der Waals surface area contributed by atoms with E-state index >= 15 is 0 Å². The van der Waals surface area contributed by atoms with E-state index in [0.29, 0.717) is 24.7 Å². The quantitative estimate of drug-likeness (QED) is 0.313. The van der Waals surface area contributed by atoms with E-state index in [1.807, 2.05) is 0 Å². The van der Waals surface area contributed by atoms with Gasteiger partial charge in [-0.05, 0) is 18.8 Å². The van der Waals surface area contributed by atoms with E-state index < -0.39 is 0 Å². The predicted octanol–water partition coefficient (Wildman–Crippen LogP) is 1.86. The Labute approximate surface area is 96.6 Å². The molecule has 1 fully saturated rings. The molecule has 0 aliphatic heterocycles. The number of allylic oxidation sites excluding steroid dienone is 1. The number of aldehydes is 1. The van der Waals surface area contributed by atoms with Crippen LogP contribution in [0.1, 0.15) is 32.1 Å². The van der Waals surface area contributed by atoms with Crippen LogP contribution in [0.2, 0.25) is 0 Å². The SMILES string of the molecule is CN/C(OCC1CCCCC1)=C(\C=N)C=O. The van der Waals surface area contributed by atoms with Gasteiger partial charge in [-0.3, -0.25) is 4.79 Å². The molecule has 0 aromatic heterocycles. The lowest BCUT2D eigenvalue weighted by Crippen LogP contribution is -2.19. The van der Waals surface area contributed by atoms with Gasteiger partial charge in [0.15, 0.2) is 12.2 Å². The smallest absolute Gasteiger partial charge is 0.198 e. The second-order valence-corrected chi connectivity index (χ2v) is 4.11. The van der Waals surface area contributed by atoms with Crippen molar-refractivity contribution in [2.75, 3.05) is 13.7 Å². The molecular weight excluding hydrogens is 204 g/mol. The van der Waals surface area contributed by atoms with Gasteiger partial charge < -0.3 is 15.5 Å². The molecule has 1 saturated carbocycles. The number of nitrogens with one attached hydrogen (secondary N) is 2. The van der Waals surface area contributed by atoms with Crippen molar-refractivity contribution < 1.29 is 9.53 Å². The molecule has 0 unspecified atom stereocenters. The number of hydrogen-bond acceptors (Lipinski definition) is 4. The minimum Gasteiger partial charge on any atom is -0.478 e. The first-order chi connectivity index (χ1) is 7.81. The van der Waals surface area contributed by atoms with Gasteiger partial charge in [0.05, 0.1) is 12.2 Å². The van der Waals surface area contributed by atoms with Crippen LogP contribution in [0.4, 0.5) is 0 Å². The summed E-state index contributed by atoms with van der Waals surface area (Å²) in [5, 5.41) is 9.90. The highest BCUT2D eigenvalue weighted by molar-refractivity contribution is 6.00. The third-order valence-corrected chi connectivity index (χ3v) is 2.96. The summed E-state index contributed by atoms with van der Waals surface area (Å²) in [4.78, 5) is 10.7. The van der Waals surface area contributed by atoms with Crippen LogP contribution < -0.4 is 5.32 Å². The molecule has 0 aromatic rings. The second-order valence-electron chi connectivity index (χ2n) is 4.11. The fourth-order valence-corrected chi connectivity index (χ4v) is 2.01. The van der Waals surface area contributed by atoms with Crippen molar-refractivity contribution in [1.82, 2.24) is 5.32 Å². The molecule has 1 aliphatic carbocycles. The van der Waals surface area contributed by atoms with E-state index in [1.54, 1.807) is 7.05 Å². The number of rotatable bonds is 6. The van der Waals surface area contributed by atoms with E-state index in [9.17, 15) is 4.79 Å². The number of hydrogen-bond donors (Lipinski definition) is 2. The van der Waals surface area contributed by atoms with E-state index in [-0.39, 0.29) is 5.57 Å². The standard InChI is InChI=1S/C12H20N2O2/c1-14-12(11(7-13)8-15)16-9-10-5-3-2-4-6-10/h7-8,10,13-14H,2-6,9H2,1H3/b12-11-,13-7?. The van der Waals surface area contributed by atoms with Gasteiger partial charge in [0.1, 0.15) is 0 Å². The molecule has 90 valence electrons. The highest BCUT2D eigenvalue weighted by Gasteiger charge is 2.15. The van der Waals surface area contributed by atoms with Crippen molar-refractivity contribution in [2.45, 2.75) is 32.1 Å². The lowest BCUT2D eigenvalue weighted by Gasteiger charge is -2.22. The predicted molar refractivity (Wildman–Crippen MR) is 63.5 cm³/mol. The highest BCUT2D eigenvalue weighted by atomic mass is 16.5. The van der Waals surface area contributed by atoms with Gasteiger partial charge in [0.2, 0.25) is 0 Å². The van der Waals surface area contributed by atoms with Crippen molar-refractivity contribution in [3.05, 3.63) is 11.5 Å². The van der Waals surface area contributed by atoms with Crippen molar-refractivity contribution in [3.8, 4) is 0 Å². The molecule has 0 spiro atoms. The Morgan fingerprint density at radius 3 is 2.62 bits per heavy atom. The summed E-state index contributed by atoms with van der Waals surface area (Å²) < 4.78 is 5.56. The molecule has 0 aromatic carbocycles. The molecule has 16 heavy (non-hydrogen) atoms. The van der Waals surface area contributed by atoms with Crippen LogP contribution in [0.3, 0.4) is 0 Å². The molecule has 1 aliphatic rings. The largest absolute Gasteiger partial charge is 0.478 e. The maximum atomic E-state index is 10.7. The van der Waals surface area contributed by atoms with Crippen LogP contribution >= 0.6 is 0 Å². The third kappa shape index (κ3) is 3.68. The summed E-state index contributed by atoms with van der Waals surface area (Å²) in [6.45, 7) is 0.640. The Morgan fingerprint density at radius 2 is 2.12 bits per heavy atom. The maximum Gasteiger partial charge on any atom is 0.198 e. The van der Waals surface area contributed by atoms with E-state index in [1.165, 1.54) is 32.1 Å². The summed E-state index contributed by atoms with van der Waals surface area (Å²) in [5.74, 6) is 1.01. The van der Waals surface area contributed by atoms with Gasteiger partial charge in [0, 0.05) is 13.3 Å². The van der Waals surface area contributed by atoms with Crippen molar-refractivity contribution in [1.29, 1.82) is 5.41 Å². The fraction of sp³-hybridized carbons (Fsp3) is 0.667. The Hall–Kier alpha value is -1.32. The molecule has 1 rings (SSSR count). The van der Waals surface area contributed by atoms with Crippen molar-refractivity contribution in [3.63, 3.8) is 0 Å². The summed E-state index contributed by atoms with van der Waals surface area (Å²) >= 11 is 0. The summed E-state index contributed by atoms with van der Waals surface area (Å²) in [6, 6.07) is 0. The zero-order valence-electron chi connectivity index (χ0n) is 9.79. The minimum atomic E-state index is 0.262. The van der Waals surface area contributed by atoms with Crippen LogP contribution in [0.25, 0.3) is 0 Å². The molecule has 0 radical (unpaired) electrons. The van der Waals surface area contributed by atoms with Crippen molar-refractivity contribution in [2.24, 2.45) is 5.92 Å². The lowest BCUT2D eigenvalue weighted by molar-refractivity contribution is -0.104. The van der Waals surface area contributed by atoms with Crippen LogP contribution in [0.15, 0.2) is 11.5 Å².